The van der Waals surface area contributed by atoms with Gasteiger partial charge in [-0.2, -0.15) is 0 Å². The normalized spacial score (nSPS) is 13.5. The van der Waals surface area contributed by atoms with Gasteiger partial charge in [-0.25, -0.2) is 4.98 Å². The molecule has 1 aromatic heterocycles. The van der Waals surface area contributed by atoms with Crippen molar-refractivity contribution in [2.75, 3.05) is 32.2 Å². The molecule has 1 heterocycles. The molecule has 1 N–H and O–H groups in total. The highest BCUT2D eigenvalue weighted by atomic mass is 16.5. The zero-order chi connectivity index (χ0) is 16.6. The molecule has 1 aromatic rings. The van der Waals surface area contributed by atoms with Gasteiger partial charge in [-0.15, -0.1) is 0 Å². The first-order chi connectivity index (χ1) is 10.5. The van der Waals surface area contributed by atoms with Crippen molar-refractivity contribution in [3.05, 3.63) is 17.8 Å². The molecule has 1 rings (SSSR count). The lowest BCUT2D eigenvalue weighted by atomic mass is 10.0. The number of carbonyl (C=O) groups excluding carboxylic acids is 1. The van der Waals surface area contributed by atoms with Gasteiger partial charge in [-0.3, -0.25) is 4.79 Å². The lowest BCUT2D eigenvalue weighted by Gasteiger charge is -2.27. The summed E-state index contributed by atoms with van der Waals surface area (Å²) in [6.45, 7) is 8.84. The second-order valence-corrected chi connectivity index (χ2v) is 5.10. The van der Waals surface area contributed by atoms with Gasteiger partial charge in [-0.05, 0) is 33.3 Å². The van der Waals surface area contributed by atoms with E-state index in [4.69, 9.17) is 14.2 Å². The minimum atomic E-state index is -0.838. The Morgan fingerprint density at radius 1 is 1.32 bits per heavy atom. The zero-order valence-electron chi connectivity index (χ0n) is 14.1. The lowest BCUT2D eigenvalue weighted by molar-refractivity contribution is -0.139. The predicted octanol–water partition coefficient (Wildman–Crippen LogP) is 2.56. The number of aromatic nitrogens is 1. The second kappa shape index (κ2) is 8.70. The van der Waals surface area contributed by atoms with Crippen LogP contribution in [0.1, 0.15) is 32.9 Å². The van der Waals surface area contributed by atoms with Crippen molar-refractivity contribution in [1.82, 2.24) is 4.98 Å². The number of hydrogen-bond donors (Lipinski definition) is 1. The van der Waals surface area contributed by atoms with Gasteiger partial charge in [0, 0.05) is 19.8 Å². The van der Waals surface area contributed by atoms with E-state index in [1.807, 2.05) is 20.8 Å². The summed E-state index contributed by atoms with van der Waals surface area (Å²) in [4.78, 5) is 16.7. The first-order valence-electron chi connectivity index (χ1n) is 7.51. The van der Waals surface area contributed by atoms with Gasteiger partial charge in [0.15, 0.2) is 0 Å². The van der Waals surface area contributed by atoms with E-state index in [0.717, 1.165) is 0 Å². The van der Waals surface area contributed by atoms with Crippen LogP contribution in [0.2, 0.25) is 0 Å². The van der Waals surface area contributed by atoms with E-state index >= 15 is 0 Å². The Labute approximate surface area is 132 Å². The Bertz CT molecular complexity index is 493. The number of ether oxygens (including phenoxy) is 3. The van der Waals surface area contributed by atoms with Crippen LogP contribution in [0, 0.1) is 6.92 Å². The fraction of sp³-hybridized carbons (Fsp3) is 0.625. The summed E-state index contributed by atoms with van der Waals surface area (Å²) in [7, 11) is 1.61. The third-order valence-electron chi connectivity index (χ3n) is 3.46. The minimum Gasteiger partial charge on any atom is -0.475 e. The van der Waals surface area contributed by atoms with Crippen molar-refractivity contribution >= 4 is 11.6 Å². The van der Waals surface area contributed by atoms with Crippen LogP contribution >= 0.6 is 0 Å². The molecule has 0 aromatic carbocycles. The Morgan fingerprint density at radius 2 is 2.05 bits per heavy atom. The van der Waals surface area contributed by atoms with Crippen molar-refractivity contribution in [3.8, 4) is 5.88 Å². The topological polar surface area (TPSA) is 69.7 Å². The van der Waals surface area contributed by atoms with Gasteiger partial charge in [0.1, 0.15) is 12.2 Å². The number of hydrogen-bond acceptors (Lipinski definition) is 5. The largest absolute Gasteiger partial charge is 0.475 e. The highest BCUT2D eigenvalue weighted by Gasteiger charge is 2.32. The van der Waals surface area contributed by atoms with Gasteiger partial charge in [-0.1, -0.05) is 6.92 Å². The highest BCUT2D eigenvalue weighted by Crippen LogP contribution is 2.21. The number of carbonyl (C=O) groups is 1. The third kappa shape index (κ3) is 4.96. The maximum Gasteiger partial charge on any atom is 0.256 e. The van der Waals surface area contributed by atoms with Gasteiger partial charge < -0.3 is 19.5 Å². The number of rotatable bonds is 9. The van der Waals surface area contributed by atoms with Crippen molar-refractivity contribution < 1.29 is 19.0 Å². The summed E-state index contributed by atoms with van der Waals surface area (Å²) in [6.07, 6.45) is 0.595. The summed E-state index contributed by atoms with van der Waals surface area (Å²) >= 11 is 0. The predicted molar refractivity (Wildman–Crippen MR) is 85.3 cm³/mol. The first-order valence-corrected chi connectivity index (χ1v) is 7.51. The fourth-order valence-corrected chi connectivity index (χ4v) is 1.88. The van der Waals surface area contributed by atoms with Crippen molar-refractivity contribution in [1.29, 1.82) is 0 Å². The first kappa shape index (κ1) is 18.4. The van der Waals surface area contributed by atoms with E-state index < -0.39 is 5.60 Å². The fourth-order valence-electron chi connectivity index (χ4n) is 1.88. The number of amides is 1. The highest BCUT2D eigenvalue weighted by molar-refractivity contribution is 5.97. The molecular weight excluding hydrogens is 284 g/mol. The molecule has 0 bridgehead atoms. The summed E-state index contributed by atoms with van der Waals surface area (Å²) in [5.41, 5.74) is 0.510. The van der Waals surface area contributed by atoms with Gasteiger partial charge in [0.05, 0.1) is 18.0 Å². The average molecular weight is 310 g/mol. The van der Waals surface area contributed by atoms with Crippen LogP contribution in [0.15, 0.2) is 12.1 Å². The number of anilines is 1. The molecule has 1 amide bonds. The summed E-state index contributed by atoms with van der Waals surface area (Å²) in [6, 6.07) is 3.51. The molecule has 0 radical (unpaired) electrons. The molecule has 0 fully saturated rings. The molecule has 0 saturated heterocycles. The Hall–Kier alpha value is -1.66. The van der Waals surface area contributed by atoms with E-state index in [0.29, 0.717) is 43.5 Å². The molecule has 6 nitrogen and oxygen atoms in total. The Kier molecular flexibility index (Phi) is 7.27. The molecule has 6 heteroatoms. The number of pyridine rings is 1. The van der Waals surface area contributed by atoms with Crippen LogP contribution in [0.4, 0.5) is 5.69 Å². The molecule has 0 spiro atoms. The molecule has 0 aliphatic heterocycles. The maximum absolute atomic E-state index is 12.4. The molecular formula is C16H26N2O4. The molecule has 0 aliphatic rings. The molecule has 0 aliphatic carbocycles. The van der Waals surface area contributed by atoms with Crippen LogP contribution < -0.4 is 10.1 Å². The van der Waals surface area contributed by atoms with E-state index in [9.17, 15) is 4.79 Å². The minimum absolute atomic E-state index is 0.171. The number of aryl methyl sites for hydroxylation is 1. The molecule has 0 unspecified atom stereocenters. The molecule has 1 atom stereocenters. The number of nitrogens with one attached hydrogen (secondary N) is 1. The summed E-state index contributed by atoms with van der Waals surface area (Å²) in [5, 5.41) is 2.87. The van der Waals surface area contributed by atoms with Crippen LogP contribution in [0.25, 0.3) is 0 Å². The van der Waals surface area contributed by atoms with E-state index in [2.05, 4.69) is 10.3 Å². The Morgan fingerprint density at radius 3 is 2.59 bits per heavy atom. The van der Waals surface area contributed by atoms with Crippen molar-refractivity contribution in [3.63, 3.8) is 0 Å². The van der Waals surface area contributed by atoms with Gasteiger partial charge >= 0.3 is 0 Å². The molecule has 0 saturated carbocycles. The van der Waals surface area contributed by atoms with Gasteiger partial charge in [0.25, 0.3) is 5.91 Å². The van der Waals surface area contributed by atoms with Crippen molar-refractivity contribution in [2.45, 2.75) is 39.7 Å². The second-order valence-electron chi connectivity index (χ2n) is 5.10. The molecule has 22 heavy (non-hydrogen) atoms. The quantitative estimate of drug-likeness (QED) is 0.710. The van der Waals surface area contributed by atoms with Crippen LogP contribution in [-0.2, 0) is 14.3 Å². The van der Waals surface area contributed by atoms with Crippen LogP contribution in [0.5, 0.6) is 5.88 Å². The van der Waals surface area contributed by atoms with E-state index in [1.165, 1.54) is 0 Å². The summed E-state index contributed by atoms with van der Waals surface area (Å²) in [5.74, 6) is 0.338. The SMILES string of the molecule is CCO[C@@](C)(CC)C(=O)Nc1ccc(OCCOC)nc1C. The van der Waals surface area contributed by atoms with Crippen molar-refractivity contribution in [2.24, 2.45) is 0 Å². The summed E-state index contributed by atoms with van der Waals surface area (Å²) < 4.78 is 15.9. The smallest absolute Gasteiger partial charge is 0.256 e. The monoisotopic (exact) mass is 310 g/mol. The number of nitrogens with zero attached hydrogens (tertiary/aromatic N) is 1. The zero-order valence-corrected chi connectivity index (χ0v) is 14.1. The number of methoxy groups -OCH3 is 1. The van der Waals surface area contributed by atoms with Crippen LogP contribution in [-0.4, -0.2) is 43.4 Å². The Balaban J connectivity index is 2.75. The molecule has 124 valence electrons. The standard InChI is InChI=1S/C16H26N2O4/c1-6-16(4,22-7-2)15(19)18-13-8-9-14(17-12(13)3)21-11-10-20-5/h8-9H,6-7,10-11H2,1-5H3,(H,18,19)/t16-/m0/s1. The van der Waals surface area contributed by atoms with E-state index in [-0.39, 0.29) is 5.91 Å². The maximum atomic E-state index is 12.4. The third-order valence-corrected chi connectivity index (χ3v) is 3.46. The lowest BCUT2D eigenvalue weighted by Crippen LogP contribution is -2.42. The van der Waals surface area contributed by atoms with Crippen LogP contribution in [0.3, 0.4) is 0 Å². The average Bonchev–Trinajstić information content (AvgIpc) is 2.50. The van der Waals surface area contributed by atoms with Gasteiger partial charge in [0.2, 0.25) is 5.88 Å². The van der Waals surface area contributed by atoms with E-state index in [1.54, 1.807) is 26.2 Å².